The number of hydrogen-bond donors (Lipinski definition) is 1. The zero-order valence-electron chi connectivity index (χ0n) is 7.23. The van der Waals surface area contributed by atoms with E-state index in [1.165, 1.54) is 18.4 Å². The average molecular weight is 155 g/mol. The Balaban J connectivity index is 2.27. The smallest absolute Gasteiger partial charge is 0.0794 e. The maximum Gasteiger partial charge on any atom is 0.0794 e. The van der Waals surface area contributed by atoms with E-state index in [0.29, 0.717) is 6.10 Å². The van der Waals surface area contributed by atoms with E-state index in [0.717, 1.165) is 19.6 Å². The molecule has 0 bridgehead atoms. The van der Waals surface area contributed by atoms with Crippen molar-refractivity contribution in [2.45, 2.75) is 25.4 Å². The third kappa shape index (κ3) is 2.64. The van der Waals surface area contributed by atoms with Gasteiger partial charge in [0.1, 0.15) is 0 Å². The molecule has 0 saturated carbocycles. The van der Waals surface area contributed by atoms with Crippen LogP contribution in [0.5, 0.6) is 0 Å². The van der Waals surface area contributed by atoms with E-state index in [-0.39, 0.29) is 0 Å². The molecule has 2 nitrogen and oxygen atoms in total. The Morgan fingerprint density at radius 2 is 2.45 bits per heavy atom. The number of likely N-dealkylation sites (N-methyl/N-ethyl adjacent to an activating group) is 1. The van der Waals surface area contributed by atoms with Crippen molar-refractivity contribution in [2.75, 3.05) is 20.2 Å². The molecule has 1 atom stereocenters. The predicted molar refractivity (Wildman–Crippen MR) is 46.7 cm³/mol. The van der Waals surface area contributed by atoms with Crippen LogP contribution in [-0.2, 0) is 4.74 Å². The van der Waals surface area contributed by atoms with Crippen molar-refractivity contribution in [3.05, 3.63) is 12.2 Å². The molecule has 1 aliphatic rings. The molecule has 0 radical (unpaired) electrons. The highest BCUT2D eigenvalue weighted by Gasteiger charge is 2.15. The van der Waals surface area contributed by atoms with E-state index >= 15 is 0 Å². The minimum atomic E-state index is 0.316. The molecule has 0 aromatic rings. The standard InChI is InChI=1S/C9H17NO/c1-8(7-10-2)9-5-3-4-6-11-9/h9-10H,1,3-7H2,2H3. The summed E-state index contributed by atoms with van der Waals surface area (Å²) in [7, 11) is 1.94. The van der Waals surface area contributed by atoms with E-state index < -0.39 is 0 Å². The molecule has 1 aliphatic heterocycles. The van der Waals surface area contributed by atoms with Gasteiger partial charge in [0.15, 0.2) is 0 Å². The molecule has 1 fully saturated rings. The van der Waals surface area contributed by atoms with Crippen molar-refractivity contribution in [3.8, 4) is 0 Å². The highest BCUT2D eigenvalue weighted by Crippen LogP contribution is 2.17. The van der Waals surface area contributed by atoms with Crippen LogP contribution in [0.25, 0.3) is 0 Å². The number of ether oxygens (including phenoxy) is 1. The van der Waals surface area contributed by atoms with Crippen LogP contribution < -0.4 is 5.32 Å². The van der Waals surface area contributed by atoms with E-state index in [1.807, 2.05) is 7.05 Å². The molecule has 2 heteroatoms. The van der Waals surface area contributed by atoms with Crippen LogP contribution in [0.15, 0.2) is 12.2 Å². The van der Waals surface area contributed by atoms with Crippen LogP contribution in [0.1, 0.15) is 19.3 Å². The Labute approximate surface area is 68.6 Å². The molecular formula is C9H17NO. The Hall–Kier alpha value is -0.340. The fourth-order valence-corrected chi connectivity index (χ4v) is 1.40. The van der Waals surface area contributed by atoms with Crippen LogP contribution >= 0.6 is 0 Å². The summed E-state index contributed by atoms with van der Waals surface area (Å²) in [6.07, 6.45) is 3.97. The van der Waals surface area contributed by atoms with E-state index in [9.17, 15) is 0 Å². The summed E-state index contributed by atoms with van der Waals surface area (Å²) in [4.78, 5) is 0. The van der Waals surface area contributed by atoms with Gasteiger partial charge in [0.25, 0.3) is 0 Å². The minimum Gasteiger partial charge on any atom is -0.374 e. The van der Waals surface area contributed by atoms with Gasteiger partial charge in [-0.1, -0.05) is 6.58 Å². The number of rotatable bonds is 3. The highest BCUT2D eigenvalue weighted by atomic mass is 16.5. The predicted octanol–water partition coefficient (Wildman–Crippen LogP) is 1.33. The molecule has 0 aromatic carbocycles. The van der Waals surface area contributed by atoms with Crippen molar-refractivity contribution in [3.63, 3.8) is 0 Å². The molecule has 1 N–H and O–H groups in total. The van der Waals surface area contributed by atoms with Gasteiger partial charge in [0, 0.05) is 13.2 Å². The van der Waals surface area contributed by atoms with Crippen LogP contribution in [0.4, 0.5) is 0 Å². The number of nitrogens with one attached hydrogen (secondary N) is 1. The summed E-state index contributed by atoms with van der Waals surface area (Å²) in [5, 5.41) is 3.09. The fraction of sp³-hybridized carbons (Fsp3) is 0.778. The van der Waals surface area contributed by atoms with E-state index in [2.05, 4.69) is 11.9 Å². The Morgan fingerprint density at radius 1 is 1.64 bits per heavy atom. The van der Waals surface area contributed by atoms with Gasteiger partial charge in [-0.2, -0.15) is 0 Å². The van der Waals surface area contributed by atoms with Gasteiger partial charge in [-0.05, 0) is 31.9 Å². The Kier molecular flexibility index (Phi) is 3.60. The quantitative estimate of drug-likeness (QED) is 0.621. The number of hydrogen-bond acceptors (Lipinski definition) is 2. The normalized spacial score (nSPS) is 25.0. The lowest BCUT2D eigenvalue weighted by atomic mass is 10.0. The first-order chi connectivity index (χ1) is 5.34. The second-order valence-electron chi connectivity index (χ2n) is 3.04. The Bertz CT molecular complexity index is 128. The molecule has 64 valence electrons. The summed E-state index contributed by atoms with van der Waals surface area (Å²) >= 11 is 0. The molecule has 11 heavy (non-hydrogen) atoms. The maximum atomic E-state index is 5.55. The van der Waals surface area contributed by atoms with Crippen molar-refractivity contribution >= 4 is 0 Å². The van der Waals surface area contributed by atoms with Crippen molar-refractivity contribution in [1.29, 1.82) is 0 Å². The van der Waals surface area contributed by atoms with Crippen LogP contribution in [0.2, 0.25) is 0 Å². The average Bonchev–Trinajstić information content (AvgIpc) is 2.07. The lowest BCUT2D eigenvalue weighted by Gasteiger charge is -2.24. The fourth-order valence-electron chi connectivity index (χ4n) is 1.40. The van der Waals surface area contributed by atoms with Gasteiger partial charge in [-0.25, -0.2) is 0 Å². The van der Waals surface area contributed by atoms with E-state index in [4.69, 9.17) is 4.74 Å². The molecule has 0 amide bonds. The summed E-state index contributed by atoms with van der Waals surface area (Å²) in [5.41, 5.74) is 1.19. The van der Waals surface area contributed by atoms with Crippen molar-refractivity contribution in [1.82, 2.24) is 5.32 Å². The zero-order valence-corrected chi connectivity index (χ0v) is 7.23. The molecule has 0 spiro atoms. The van der Waals surface area contributed by atoms with Gasteiger partial charge in [0.05, 0.1) is 6.10 Å². The molecule has 1 heterocycles. The topological polar surface area (TPSA) is 21.3 Å². The largest absolute Gasteiger partial charge is 0.374 e. The molecular weight excluding hydrogens is 138 g/mol. The lowest BCUT2D eigenvalue weighted by Crippen LogP contribution is -2.26. The van der Waals surface area contributed by atoms with E-state index in [1.54, 1.807) is 0 Å². The third-order valence-electron chi connectivity index (χ3n) is 2.04. The summed E-state index contributed by atoms with van der Waals surface area (Å²) in [5.74, 6) is 0. The first-order valence-corrected chi connectivity index (χ1v) is 4.28. The summed E-state index contributed by atoms with van der Waals surface area (Å²) in [6, 6.07) is 0. The highest BCUT2D eigenvalue weighted by molar-refractivity contribution is 5.04. The van der Waals surface area contributed by atoms with Crippen molar-refractivity contribution in [2.24, 2.45) is 0 Å². The van der Waals surface area contributed by atoms with Crippen LogP contribution in [-0.4, -0.2) is 26.3 Å². The monoisotopic (exact) mass is 155 g/mol. The first-order valence-electron chi connectivity index (χ1n) is 4.28. The van der Waals surface area contributed by atoms with Gasteiger partial charge >= 0.3 is 0 Å². The second-order valence-corrected chi connectivity index (χ2v) is 3.04. The molecule has 1 rings (SSSR count). The molecule has 0 aromatic heterocycles. The SMILES string of the molecule is C=C(CNC)C1CCCCO1. The van der Waals surface area contributed by atoms with Gasteiger partial charge in [-0.15, -0.1) is 0 Å². The lowest BCUT2D eigenvalue weighted by molar-refractivity contribution is 0.0384. The zero-order chi connectivity index (χ0) is 8.10. The van der Waals surface area contributed by atoms with Crippen molar-refractivity contribution < 1.29 is 4.74 Å². The van der Waals surface area contributed by atoms with Crippen LogP contribution in [0.3, 0.4) is 0 Å². The minimum absolute atomic E-state index is 0.316. The maximum absolute atomic E-state index is 5.55. The second kappa shape index (κ2) is 4.52. The molecule has 0 aliphatic carbocycles. The Morgan fingerprint density at radius 3 is 3.00 bits per heavy atom. The van der Waals surface area contributed by atoms with Gasteiger partial charge in [-0.3, -0.25) is 0 Å². The van der Waals surface area contributed by atoms with Gasteiger partial charge < -0.3 is 10.1 Å². The molecule has 1 unspecified atom stereocenters. The molecule has 1 saturated heterocycles. The summed E-state index contributed by atoms with van der Waals surface area (Å²) < 4.78 is 5.55. The summed E-state index contributed by atoms with van der Waals surface area (Å²) in [6.45, 7) is 5.77. The first kappa shape index (κ1) is 8.75. The van der Waals surface area contributed by atoms with Crippen LogP contribution in [0, 0.1) is 0 Å². The third-order valence-corrected chi connectivity index (χ3v) is 2.04. The van der Waals surface area contributed by atoms with Gasteiger partial charge in [0.2, 0.25) is 0 Å².